The van der Waals surface area contributed by atoms with Crippen LogP contribution in [0.3, 0.4) is 0 Å². The fourth-order valence-electron chi connectivity index (χ4n) is 2.76. The minimum atomic E-state index is 0.626. The summed E-state index contributed by atoms with van der Waals surface area (Å²) in [4.78, 5) is 11.6. The molecule has 0 aliphatic rings. The van der Waals surface area contributed by atoms with Crippen molar-refractivity contribution in [2.24, 2.45) is 0 Å². The summed E-state index contributed by atoms with van der Waals surface area (Å²) in [6.45, 7) is 7.52. The molecule has 142 valence electrons. The highest BCUT2D eigenvalue weighted by molar-refractivity contribution is 5.67. The summed E-state index contributed by atoms with van der Waals surface area (Å²) in [5.41, 5.74) is 4.40. The molecule has 0 fully saturated rings. The Morgan fingerprint density at radius 1 is 1.11 bits per heavy atom. The van der Waals surface area contributed by atoms with E-state index in [0.29, 0.717) is 18.2 Å². The molecule has 0 saturated heterocycles. The van der Waals surface area contributed by atoms with E-state index < -0.39 is 0 Å². The Hall–Kier alpha value is -2.93. The minimum absolute atomic E-state index is 0.626. The van der Waals surface area contributed by atoms with Crippen LogP contribution < -0.4 is 10.2 Å². The number of aromatic nitrogens is 4. The molecule has 0 bridgehead atoms. The molecule has 7 heteroatoms. The number of aromatic amines is 1. The first-order valence-electron chi connectivity index (χ1n) is 8.92. The molecule has 0 aliphatic heterocycles. The van der Waals surface area contributed by atoms with Crippen molar-refractivity contribution in [2.45, 2.75) is 20.8 Å². The van der Waals surface area contributed by atoms with Gasteiger partial charge in [-0.1, -0.05) is 18.2 Å². The molecule has 0 radical (unpaired) electrons. The molecule has 2 heterocycles. The summed E-state index contributed by atoms with van der Waals surface area (Å²) < 4.78 is 5.20. The number of ether oxygens (including phenoxy) is 1. The molecule has 0 saturated carbocycles. The topological polar surface area (TPSA) is 79.0 Å². The predicted octanol–water partition coefficient (Wildman–Crippen LogP) is 3.62. The first kappa shape index (κ1) is 18.8. The monoisotopic (exact) mass is 366 g/mol. The number of rotatable bonds is 7. The third kappa shape index (κ3) is 4.43. The fourth-order valence-corrected chi connectivity index (χ4v) is 2.76. The van der Waals surface area contributed by atoms with Gasteiger partial charge in [0.2, 0.25) is 0 Å². The quantitative estimate of drug-likeness (QED) is 0.665. The number of H-pyrrole nitrogens is 1. The lowest BCUT2D eigenvalue weighted by Gasteiger charge is -2.19. The maximum Gasteiger partial charge on any atom is 0.164 e. The maximum absolute atomic E-state index is 5.20. The molecule has 2 N–H and O–H groups in total. The van der Waals surface area contributed by atoms with Crippen LogP contribution in [0.15, 0.2) is 30.3 Å². The van der Waals surface area contributed by atoms with Gasteiger partial charge in [-0.25, -0.2) is 9.97 Å². The SMILES string of the molecule is COCCN(C)c1cc(Nc2cc(C)[nH]n2)nc(-c2cccc(C)c2C)n1. The van der Waals surface area contributed by atoms with E-state index in [9.17, 15) is 0 Å². The number of likely N-dealkylation sites (N-methyl/N-ethyl adjacent to an activating group) is 1. The van der Waals surface area contributed by atoms with E-state index in [1.807, 2.05) is 32.2 Å². The van der Waals surface area contributed by atoms with Gasteiger partial charge < -0.3 is 15.0 Å². The van der Waals surface area contributed by atoms with Gasteiger partial charge in [0.1, 0.15) is 11.6 Å². The summed E-state index contributed by atoms with van der Waals surface area (Å²) in [5, 5.41) is 10.4. The van der Waals surface area contributed by atoms with E-state index in [4.69, 9.17) is 14.7 Å². The molecule has 3 rings (SSSR count). The van der Waals surface area contributed by atoms with Crippen molar-refractivity contribution in [1.82, 2.24) is 20.2 Å². The standard InChI is InChI=1S/C20H26N6O/c1-13-7-6-8-16(15(13)3)20-22-17(21-18-11-14(2)24-25-18)12-19(23-20)26(4)9-10-27-5/h6-8,11-12H,9-10H2,1-5H3,(H2,21,22,23,24,25). The van der Waals surface area contributed by atoms with Gasteiger partial charge >= 0.3 is 0 Å². The molecular weight excluding hydrogens is 340 g/mol. The number of aryl methyl sites for hydroxylation is 2. The number of hydrogen-bond donors (Lipinski definition) is 2. The maximum atomic E-state index is 5.20. The van der Waals surface area contributed by atoms with E-state index in [0.717, 1.165) is 29.4 Å². The van der Waals surface area contributed by atoms with Crippen LogP contribution >= 0.6 is 0 Å². The highest BCUT2D eigenvalue weighted by Gasteiger charge is 2.13. The third-order valence-corrected chi connectivity index (χ3v) is 4.54. The highest BCUT2D eigenvalue weighted by atomic mass is 16.5. The van der Waals surface area contributed by atoms with Gasteiger partial charge in [0, 0.05) is 44.1 Å². The Labute approximate surface area is 159 Å². The number of anilines is 3. The van der Waals surface area contributed by atoms with Crippen molar-refractivity contribution in [1.29, 1.82) is 0 Å². The smallest absolute Gasteiger partial charge is 0.164 e. The molecule has 0 spiro atoms. The summed E-state index contributed by atoms with van der Waals surface area (Å²) in [5.74, 6) is 2.94. The lowest BCUT2D eigenvalue weighted by atomic mass is 10.0. The van der Waals surface area contributed by atoms with Gasteiger partial charge in [-0.3, -0.25) is 5.10 Å². The number of nitrogens with one attached hydrogen (secondary N) is 2. The Morgan fingerprint density at radius 3 is 2.63 bits per heavy atom. The molecule has 0 aliphatic carbocycles. The second kappa shape index (κ2) is 8.18. The van der Waals surface area contributed by atoms with Crippen LogP contribution in [0.25, 0.3) is 11.4 Å². The van der Waals surface area contributed by atoms with Crippen molar-refractivity contribution in [3.63, 3.8) is 0 Å². The van der Waals surface area contributed by atoms with Crippen LogP contribution in [0.4, 0.5) is 17.5 Å². The third-order valence-electron chi connectivity index (χ3n) is 4.54. The fraction of sp³-hybridized carbons (Fsp3) is 0.350. The second-order valence-corrected chi connectivity index (χ2v) is 6.66. The van der Waals surface area contributed by atoms with Crippen LogP contribution in [0.2, 0.25) is 0 Å². The van der Waals surface area contributed by atoms with Gasteiger partial charge in [0.05, 0.1) is 6.61 Å². The summed E-state index contributed by atoms with van der Waals surface area (Å²) >= 11 is 0. The zero-order valence-corrected chi connectivity index (χ0v) is 16.5. The van der Waals surface area contributed by atoms with Gasteiger partial charge in [-0.2, -0.15) is 5.10 Å². The van der Waals surface area contributed by atoms with E-state index in [2.05, 4.69) is 46.4 Å². The summed E-state index contributed by atoms with van der Waals surface area (Å²) in [7, 11) is 3.69. The molecule has 0 atom stereocenters. The number of nitrogens with zero attached hydrogens (tertiary/aromatic N) is 4. The van der Waals surface area contributed by atoms with Crippen molar-refractivity contribution >= 4 is 17.5 Å². The van der Waals surface area contributed by atoms with Crippen LogP contribution in [-0.4, -0.2) is 47.5 Å². The molecule has 7 nitrogen and oxygen atoms in total. The van der Waals surface area contributed by atoms with Crippen LogP contribution in [-0.2, 0) is 4.74 Å². The number of benzene rings is 1. The average molecular weight is 366 g/mol. The summed E-state index contributed by atoms with van der Waals surface area (Å²) in [6, 6.07) is 10.0. The molecule has 1 aromatic carbocycles. The molecule has 27 heavy (non-hydrogen) atoms. The highest BCUT2D eigenvalue weighted by Crippen LogP contribution is 2.27. The zero-order valence-electron chi connectivity index (χ0n) is 16.5. The van der Waals surface area contributed by atoms with Gasteiger partial charge in [-0.05, 0) is 31.9 Å². The normalized spacial score (nSPS) is 10.9. The van der Waals surface area contributed by atoms with Crippen LogP contribution in [0, 0.1) is 20.8 Å². The Kier molecular flexibility index (Phi) is 5.71. The van der Waals surface area contributed by atoms with Crippen molar-refractivity contribution < 1.29 is 4.74 Å². The average Bonchev–Trinajstić information content (AvgIpc) is 3.06. The first-order chi connectivity index (χ1) is 13.0. The van der Waals surface area contributed by atoms with Gasteiger partial charge in [0.25, 0.3) is 0 Å². The van der Waals surface area contributed by atoms with Crippen molar-refractivity contribution in [2.75, 3.05) is 37.5 Å². The van der Waals surface area contributed by atoms with E-state index in [1.54, 1.807) is 7.11 Å². The largest absolute Gasteiger partial charge is 0.383 e. The van der Waals surface area contributed by atoms with E-state index >= 15 is 0 Å². The zero-order chi connectivity index (χ0) is 19.4. The first-order valence-corrected chi connectivity index (χ1v) is 8.92. The van der Waals surface area contributed by atoms with Gasteiger partial charge in [-0.15, -0.1) is 0 Å². The van der Waals surface area contributed by atoms with Crippen LogP contribution in [0.1, 0.15) is 16.8 Å². The molecule has 2 aromatic heterocycles. The molecule has 0 unspecified atom stereocenters. The number of hydrogen-bond acceptors (Lipinski definition) is 6. The number of methoxy groups -OCH3 is 1. The van der Waals surface area contributed by atoms with E-state index in [1.165, 1.54) is 11.1 Å². The second-order valence-electron chi connectivity index (χ2n) is 6.66. The Morgan fingerprint density at radius 2 is 1.93 bits per heavy atom. The van der Waals surface area contributed by atoms with Gasteiger partial charge in [0.15, 0.2) is 11.6 Å². The van der Waals surface area contributed by atoms with Crippen molar-refractivity contribution in [3.05, 3.63) is 47.2 Å². The minimum Gasteiger partial charge on any atom is -0.383 e. The van der Waals surface area contributed by atoms with E-state index in [-0.39, 0.29) is 0 Å². The van der Waals surface area contributed by atoms with Crippen LogP contribution in [0.5, 0.6) is 0 Å². The lowest BCUT2D eigenvalue weighted by molar-refractivity contribution is 0.206. The predicted molar refractivity (Wildman–Crippen MR) is 109 cm³/mol. The Balaban J connectivity index is 2.03. The molecule has 3 aromatic rings. The summed E-state index contributed by atoms with van der Waals surface area (Å²) in [6.07, 6.45) is 0. The molecular formula is C20H26N6O. The molecule has 0 amide bonds. The lowest BCUT2D eigenvalue weighted by Crippen LogP contribution is -2.23. The van der Waals surface area contributed by atoms with Crippen molar-refractivity contribution in [3.8, 4) is 11.4 Å². The Bertz CT molecular complexity index is 921.